The predicted octanol–water partition coefficient (Wildman–Crippen LogP) is 3.44. The molecule has 4 heteroatoms. The van der Waals surface area contributed by atoms with Crippen molar-refractivity contribution in [3.63, 3.8) is 0 Å². The average Bonchev–Trinajstić information content (AvgIpc) is 2.59. The van der Waals surface area contributed by atoms with Crippen LogP contribution in [0.1, 0.15) is 17.5 Å². The first-order chi connectivity index (χ1) is 12.0. The van der Waals surface area contributed by atoms with E-state index < -0.39 is 6.10 Å². The molecule has 0 amide bonds. The standard InChI is InChI=1S/C21H29NO3/c1-17-9-11-20(12-10-17)25-16-19(23)15-22(3)13-6-14-24-21-8-5-4-7-18(21)2/h4-5,7-12,19,23H,6,13-16H2,1-3H3. The van der Waals surface area contributed by atoms with Gasteiger partial charge in [0, 0.05) is 13.1 Å². The molecule has 25 heavy (non-hydrogen) atoms. The molecule has 2 aromatic carbocycles. The van der Waals surface area contributed by atoms with Gasteiger partial charge in [0.2, 0.25) is 0 Å². The van der Waals surface area contributed by atoms with Gasteiger partial charge >= 0.3 is 0 Å². The fourth-order valence-corrected chi connectivity index (χ4v) is 2.57. The molecule has 0 spiro atoms. The number of benzene rings is 2. The first kappa shape index (κ1) is 19.3. The van der Waals surface area contributed by atoms with Crippen LogP contribution in [0.2, 0.25) is 0 Å². The van der Waals surface area contributed by atoms with Gasteiger partial charge in [-0.25, -0.2) is 0 Å². The zero-order valence-corrected chi connectivity index (χ0v) is 15.4. The monoisotopic (exact) mass is 343 g/mol. The minimum absolute atomic E-state index is 0.299. The molecular formula is C21H29NO3. The Kier molecular flexibility index (Phi) is 7.76. The maximum atomic E-state index is 10.1. The number of hydrogen-bond donors (Lipinski definition) is 1. The van der Waals surface area contributed by atoms with E-state index in [4.69, 9.17) is 9.47 Å². The Morgan fingerprint density at radius 1 is 1.00 bits per heavy atom. The lowest BCUT2D eigenvalue weighted by Crippen LogP contribution is -2.34. The minimum Gasteiger partial charge on any atom is -0.493 e. The molecule has 0 aliphatic rings. The van der Waals surface area contributed by atoms with Crippen LogP contribution in [0, 0.1) is 13.8 Å². The fraction of sp³-hybridized carbons (Fsp3) is 0.429. The van der Waals surface area contributed by atoms with Gasteiger partial charge in [0.1, 0.15) is 24.2 Å². The molecule has 0 radical (unpaired) electrons. The minimum atomic E-state index is -0.511. The van der Waals surface area contributed by atoms with Gasteiger partial charge in [0.25, 0.3) is 0 Å². The second-order valence-corrected chi connectivity index (χ2v) is 6.51. The van der Waals surface area contributed by atoms with Crippen LogP contribution < -0.4 is 9.47 Å². The summed E-state index contributed by atoms with van der Waals surface area (Å²) in [5.41, 5.74) is 2.35. The number of hydrogen-bond acceptors (Lipinski definition) is 4. The molecule has 0 heterocycles. The molecule has 0 saturated carbocycles. The molecule has 2 aromatic rings. The smallest absolute Gasteiger partial charge is 0.122 e. The lowest BCUT2D eigenvalue weighted by molar-refractivity contribution is 0.0748. The quantitative estimate of drug-likeness (QED) is 0.671. The number of aryl methyl sites for hydroxylation is 2. The van der Waals surface area contributed by atoms with E-state index in [1.54, 1.807) is 0 Å². The van der Waals surface area contributed by atoms with Crippen molar-refractivity contribution in [3.8, 4) is 11.5 Å². The number of ether oxygens (including phenoxy) is 2. The van der Waals surface area contributed by atoms with E-state index >= 15 is 0 Å². The number of aliphatic hydroxyl groups excluding tert-OH is 1. The topological polar surface area (TPSA) is 41.9 Å². The van der Waals surface area contributed by atoms with Crippen molar-refractivity contribution in [3.05, 3.63) is 59.7 Å². The summed E-state index contributed by atoms with van der Waals surface area (Å²) in [6, 6.07) is 15.9. The molecular weight excluding hydrogens is 314 g/mol. The van der Waals surface area contributed by atoms with E-state index in [1.165, 1.54) is 5.56 Å². The number of para-hydroxylation sites is 1. The maximum absolute atomic E-state index is 10.1. The summed E-state index contributed by atoms with van der Waals surface area (Å²) in [7, 11) is 2.00. The Hall–Kier alpha value is -2.04. The second-order valence-electron chi connectivity index (χ2n) is 6.51. The molecule has 0 bridgehead atoms. The number of rotatable bonds is 10. The highest BCUT2D eigenvalue weighted by atomic mass is 16.5. The Labute approximate surface area is 151 Å². The zero-order chi connectivity index (χ0) is 18.1. The van der Waals surface area contributed by atoms with Gasteiger partial charge in [0.05, 0.1) is 6.61 Å². The summed E-state index contributed by atoms with van der Waals surface area (Å²) in [6.07, 6.45) is 0.403. The van der Waals surface area contributed by atoms with E-state index in [2.05, 4.69) is 4.90 Å². The van der Waals surface area contributed by atoms with Gasteiger partial charge in [-0.05, 0) is 51.1 Å². The summed E-state index contributed by atoms with van der Waals surface area (Å²) in [4.78, 5) is 2.10. The highest BCUT2D eigenvalue weighted by Gasteiger charge is 2.09. The van der Waals surface area contributed by atoms with Crippen LogP contribution >= 0.6 is 0 Å². The SMILES string of the molecule is Cc1ccc(OCC(O)CN(C)CCCOc2ccccc2C)cc1. The van der Waals surface area contributed by atoms with E-state index in [9.17, 15) is 5.11 Å². The van der Waals surface area contributed by atoms with Crippen molar-refractivity contribution >= 4 is 0 Å². The predicted molar refractivity (Wildman–Crippen MR) is 101 cm³/mol. The van der Waals surface area contributed by atoms with Gasteiger partial charge in [-0.1, -0.05) is 35.9 Å². The first-order valence-corrected chi connectivity index (χ1v) is 8.79. The van der Waals surface area contributed by atoms with E-state index in [0.29, 0.717) is 19.8 Å². The summed E-state index contributed by atoms with van der Waals surface area (Å²) in [5, 5.41) is 10.1. The number of nitrogens with zero attached hydrogens (tertiary/aromatic N) is 1. The molecule has 136 valence electrons. The van der Waals surface area contributed by atoms with Gasteiger partial charge in [-0.3, -0.25) is 0 Å². The van der Waals surface area contributed by atoms with Crippen LogP contribution in [-0.2, 0) is 0 Å². The van der Waals surface area contributed by atoms with Crippen LogP contribution in [-0.4, -0.2) is 49.5 Å². The third-order valence-corrected chi connectivity index (χ3v) is 4.02. The molecule has 1 atom stereocenters. The summed E-state index contributed by atoms with van der Waals surface area (Å²) in [6.45, 7) is 6.50. The Balaban J connectivity index is 1.60. The highest BCUT2D eigenvalue weighted by molar-refractivity contribution is 5.31. The van der Waals surface area contributed by atoms with Gasteiger partial charge in [-0.2, -0.15) is 0 Å². The molecule has 0 aliphatic heterocycles. The lowest BCUT2D eigenvalue weighted by atomic mass is 10.2. The summed E-state index contributed by atoms with van der Waals surface area (Å²) < 4.78 is 11.4. The normalized spacial score (nSPS) is 12.2. The van der Waals surface area contributed by atoms with Gasteiger partial charge < -0.3 is 19.5 Å². The van der Waals surface area contributed by atoms with Crippen molar-refractivity contribution < 1.29 is 14.6 Å². The van der Waals surface area contributed by atoms with Crippen LogP contribution in [0.4, 0.5) is 0 Å². The molecule has 2 rings (SSSR count). The molecule has 0 saturated heterocycles. The molecule has 0 aromatic heterocycles. The van der Waals surface area contributed by atoms with E-state index in [0.717, 1.165) is 30.0 Å². The summed E-state index contributed by atoms with van der Waals surface area (Å²) >= 11 is 0. The number of aliphatic hydroxyl groups is 1. The fourth-order valence-electron chi connectivity index (χ4n) is 2.57. The summed E-state index contributed by atoms with van der Waals surface area (Å²) in [5.74, 6) is 1.73. The molecule has 4 nitrogen and oxygen atoms in total. The maximum Gasteiger partial charge on any atom is 0.122 e. The number of likely N-dealkylation sites (N-methyl/N-ethyl adjacent to an activating group) is 1. The molecule has 1 unspecified atom stereocenters. The second kappa shape index (κ2) is 10.1. The van der Waals surface area contributed by atoms with Gasteiger partial charge in [0.15, 0.2) is 0 Å². The average molecular weight is 343 g/mol. The Bertz CT molecular complexity index is 627. The third kappa shape index (κ3) is 7.16. The highest BCUT2D eigenvalue weighted by Crippen LogP contribution is 2.16. The van der Waals surface area contributed by atoms with Crippen molar-refractivity contribution in [2.24, 2.45) is 0 Å². The largest absolute Gasteiger partial charge is 0.493 e. The van der Waals surface area contributed by atoms with Crippen LogP contribution in [0.5, 0.6) is 11.5 Å². The van der Waals surface area contributed by atoms with Crippen LogP contribution in [0.15, 0.2) is 48.5 Å². The van der Waals surface area contributed by atoms with Crippen LogP contribution in [0.3, 0.4) is 0 Å². The Morgan fingerprint density at radius 2 is 1.72 bits per heavy atom. The van der Waals surface area contributed by atoms with Crippen LogP contribution in [0.25, 0.3) is 0 Å². The lowest BCUT2D eigenvalue weighted by Gasteiger charge is -2.21. The first-order valence-electron chi connectivity index (χ1n) is 8.79. The van der Waals surface area contributed by atoms with E-state index in [1.807, 2.05) is 69.4 Å². The van der Waals surface area contributed by atoms with Crippen molar-refractivity contribution in [2.75, 3.05) is 33.4 Å². The Morgan fingerprint density at radius 3 is 2.44 bits per heavy atom. The molecule has 1 N–H and O–H groups in total. The molecule has 0 fully saturated rings. The van der Waals surface area contributed by atoms with Crippen molar-refractivity contribution in [1.29, 1.82) is 0 Å². The van der Waals surface area contributed by atoms with Gasteiger partial charge in [-0.15, -0.1) is 0 Å². The van der Waals surface area contributed by atoms with Crippen molar-refractivity contribution in [2.45, 2.75) is 26.4 Å². The third-order valence-electron chi connectivity index (χ3n) is 4.02. The van der Waals surface area contributed by atoms with Crippen molar-refractivity contribution in [1.82, 2.24) is 4.90 Å². The zero-order valence-electron chi connectivity index (χ0n) is 15.4. The van der Waals surface area contributed by atoms with E-state index in [-0.39, 0.29) is 0 Å². The molecule has 0 aliphatic carbocycles.